The van der Waals surface area contributed by atoms with E-state index in [9.17, 15) is 5.11 Å². The third-order valence-electron chi connectivity index (χ3n) is 4.11. The quantitative estimate of drug-likeness (QED) is 0.581. The molecule has 1 aliphatic carbocycles. The van der Waals surface area contributed by atoms with E-state index in [1.165, 1.54) is 43.2 Å². The van der Waals surface area contributed by atoms with Crippen LogP contribution in [0.25, 0.3) is 5.70 Å². The zero-order valence-corrected chi connectivity index (χ0v) is 13.1. The van der Waals surface area contributed by atoms with Gasteiger partial charge < -0.3 is 10.4 Å². The Hall–Kier alpha value is -1.54. The molecule has 0 atom stereocenters. The molecule has 1 aliphatic rings. The van der Waals surface area contributed by atoms with Crippen molar-refractivity contribution in [3.05, 3.63) is 53.1 Å². The fourth-order valence-electron chi connectivity index (χ4n) is 2.91. The van der Waals surface area contributed by atoms with Gasteiger partial charge in [0, 0.05) is 17.8 Å². The Morgan fingerprint density at radius 3 is 2.86 bits per heavy atom. The Morgan fingerprint density at radius 1 is 1.29 bits per heavy atom. The summed E-state index contributed by atoms with van der Waals surface area (Å²) in [6, 6.07) is 8.30. The summed E-state index contributed by atoms with van der Waals surface area (Å²) >= 11 is 0. The molecule has 114 valence electrons. The largest absolute Gasteiger partial charge is 0.392 e. The molecule has 2 N–H and O–H groups in total. The van der Waals surface area contributed by atoms with Gasteiger partial charge in [0.2, 0.25) is 0 Å². The summed E-state index contributed by atoms with van der Waals surface area (Å²) in [6.07, 6.45) is 11.9. The third kappa shape index (κ3) is 5.05. The van der Waals surface area contributed by atoms with Gasteiger partial charge >= 0.3 is 0 Å². The molecule has 0 fully saturated rings. The number of benzene rings is 1. The van der Waals surface area contributed by atoms with E-state index in [1.807, 2.05) is 18.2 Å². The topological polar surface area (TPSA) is 32.3 Å². The van der Waals surface area contributed by atoms with Crippen LogP contribution >= 0.6 is 0 Å². The molecule has 1 aromatic carbocycles. The maximum absolute atomic E-state index is 9.22. The van der Waals surface area contributed by atoms with E-state index < -0.39 is 0 Å². The molecule has 0 saturated carbocycles. The van der Waals surface area contributed by atoms with Crippen molar-refractivity contribution in [2.75, 3.05) is 13.2 Å². The van der Waals surface area contributed by atoms with Crippen molar-refractivity contribution in [2.45, 2.75) is 45.4 Å². The zero-order chi connectivity index (χ0) is 14.9. The second-order valence-electron chi connectivity index (χ2n) is 5.75. The summed E-state index contributed by atoms with van der Waals surface area (Å²) in [6.45, 7) is 3.13. The van der Waals surface area contributed by atoms with Crippen molar-refractivity contribution in [1.29, 1.82) is 0 Å². The van der Waals surface area contributed by atoms with Gasteiger partial charge in [-0.2, -0.15) is 0 Å². The molecule has 2 nitrogen and oxygen atoms in total. The summed E-state index contributed by atoms with van der Waals surface area (Å²) in [5.74, 6) is 0. The molecular formula is C19H27NO. The molecular weight excluding hydrogens is 258 g/mol. The number of hydrogen-bond acceptors (Lipinski definition) is 2. The minimum Gasteiger partial charge on any atom is -0.392 e. The molecule has 2 heteroatoms. The van der Waals surface area contributed by atoms with Crippen LogP contribution in [-0.2, 0) is 0 Å². The molecule has 1 aromatic rings. The van der Waals surface area contributed by atoms with Crippen LogP contribution in [0.1, 0.15) is 49.7 Å². The number of allylic oxidation sites excluding steroid dienone is 2. The van der Waals surface area contributed by atoms with Gasteiger partial charge in [-0.15, -0.1) is 0 Å². The van der Waals surface area contributed by atoms with E-state index in [2.05, 4.69) is 30.4 Å². The average Bonchev–Trinajstić information content (AvgIpc) is 2.52. The number of aliphatic hydroxyl groups is 1. The van der Waals surface area contributed by atoms with E-state index in [1.54, 1.807) is 5.57 Å². The lowest BCUT2D eigenvalue weighted by atomic mass is 9.96. The van der Waals surface area contributed by atoms with Gasteiger partial charge in [0.1, 0.15) is 0 Å². The molecule has 0 saturated heterocycles. The molecule has 0 radical (unpaired) electrons. The number of hydrogen-bond donors (Lipinski definition) is 2. The van der Waals surface area contributed by atoms with Crippen LogP contribution in [-0.4, -0.2) is 18.3 Å². The van der Waals surface area contributed by atoms with E-state index in [4.69, 9.17) is 0 Å². The van der Waals surface area contributed by atoms with Gasteiger partial charge in [-0.05, 0) is 57.1 Å². The third-order valence-corrected chi connectivity index (χ3v) is 4.11. The molecule has 0 unspecified atom stereocenters. The van der Waals surface area contributed by atoms with Crippen LogP contribution in [0.4, 0.5) is 0 Å². The summed E-state index contributed by atoms with van der Waals surface area (Å²) in [7, 11) is 0. The molecule has 0 bridgehead atoms. The summed E-state index contributed by atoms with van der Waals surface area (Å²) < 4.78 is 0. The maximum atomic E-state index is 9.22. The number of aliphatic hydroxyl groups excluding tert-OH is 1. The number of rotatable bonds is 7. The highest BCUT2D eigenvalue weighted by atomic mass is 16.2. The molecule has 0 aromatic heterocycles. The summed E-state index contributed by atoms with van der Waals surface area (Å²) in [5.41, 5.74) is 5.10. The lowest BCUT2D eigenvalue weighted by Gasteiger charge is -2.15. The highest BCUT2D eigenvalue weighted by molar-refractivity contribution is 5.66. The first kappa shape index (κ1) is 15.8. The Bertz CT molecular complexity index is 502. The van der Waals surface area contributed by atoms with E-state index >= 15 is 0 Å². The predicted molar refractivity (Wildman–Crippen MR) is 90.0 cm³/mol. The van der Waals surface area contributed by atoms with Gasteiger partial charge in [-0.3, -0.25) is 0 Å². The standard InChI is InChI=1S/C19H27NO/c1-16-8-5-6-12-18(16)19(13-15-21)20-14-7-11-17-9-3-2-4-10-17/h5-6,8-9,12-13,20-21H,2-4,7,10-11,14-15H2,1H3/b19-13+. The van der Waals surface area contributed by atoms with Crippen molar-refractivity contribution in [3.63, 3.8) is 0 Å². The first-order valence-electron chi connectivity index (χ1n) is 8.10. The summed E-state index contributed by atoms with van der Waals surface area (Å²) in [4.78, 5) is 0. The van der Waals surface area contributed by atoms with Crippen molar-refractivity contribution in [2.24, 2.45) is 0 Å². The van der Waals surface area contributed by atoms with Crippen LogP contribution < -0.4 is 5.32 Å². The number of nitrogens with one attached hydrogen (secondary N) is 1. The Kier molecular flexibility index (Phi) is 6.55. The average molecular weight is 285 g/mol. The van der Waals surface area contributed by atoms with Gasteiger partial charge in [0.05, 0.1) is 6.61 Å². The zero-order valence-electron chi connectivity index (χ0n) is 13.1. The molecule has 0 heterocycles. The first-order chi connectivity index (χ1) is 10.3. The SMILES string of the molecule is Cc1ccccc1/C(=C\CO)NCCCC1=CCCCC1. The minimum atomic E-state index is 0.0713. The van der Waals surface area contributed by atoms with Crippen molar-refractivity contribution >= 4 is 5.70 Å². The fourth-order valence-corrected chi connectivity index (χ4v) is 2.91. The monoisotopic (exact) mass is 285 g/mol. The maximum Gasteiger partial charge on any atom is 0.0635 e. The van der Waals surface area contributed by atoms with Crippen molar-refractivity contribution in [1.82, 2.24) is 5.32 Å². The highest BCUT2D eigenvalue weighted by Gasteiger charge is 2.05. The lowest BCUT2D eigenvalue weighted by Crippen LogP contribution is -2.15. The second-order valence-corrected chi connectivity index (χ2v) is 5.75. The number of aryl methyl sites for hydroxylation is 1. The van der Waals surface area contributed by atoms with Crippen LogP contribution in [0.3, 0.4) is 0 Å². The highest BCUT2D eigenvalue weighted by Crippen LogP contribution is 2.21. The Balaban J connectivity index is 1.85. The smallest absolute Gasteiger partial charge is 0.0635 e. The van der Waals surface area contributed by atoms with Crippen LogP contribution in [0.2, 0.25) is 0 Å². The molecule has 21 heavy (non-hydrogen) atoms. The van der Waals surface area contributed by atoms with E-state index in [0.29, 0.717) is 0 Å². The molecule has 0 spiro atoms. The van der Waals surface area contributed by atoms with Crippen LogP contribution in [0.15, 0.2) is 42.0 Å². The molecule has 0 amide bonds. The van der Waals surface area contributed by atoms with Gasteiger partial charge in [0.15, 0.2) is 0 Å². The predicted octanol–water partition coefficient (Wildman–Crippen LogP) is 4.20. The van der Waals surface area contributed by atoms with E-state index in [-0.39, 0.29) is 6.61 Å². The van der Waals surface area contributed by atoms with E-state index in [0.717, 1.165) is 18.7 Å². The summed E-state index contributed by atoms with van der Waals surface area (Å²) in [5, 5.41) is 12.7. The molecule has 0 aliphatic heterocycles. The molecule has 2 rings (SSSR count). The van der Waals surface area contributed by atoms with Gasteiger partial charge in [-0.1, -0.05) is 35.9 Å². The van der Waals surface area contributed by atoms with Gasteiger partial charge in [0.25, 0.3) is 0 Å². The van der Waals surface area contributed by atoms with Crippen LogP contribution in [0.5, 0.6) is 0 Å². The minimum absolute atomic E-state index is 0.0713. The van der Waals surface area contributed by atoms with Crippen LogP contribution in [0, 0.1) is 6.92 Å². The fraction of sp³-hybridized carbons (Fsp3) is 0.474. The Labute approximate surface area is 128 Å². The van der Waals surface area contributed by atoms with Crippen molar-refractivity contribution < 1.29 is 5.11 Å². The van der Waals surface area contributed by atoms with Gasteiger partial charge in [-0.25, -0.2) is 0 Å². The normalized spacial score (nSPS) is 15.7. The lowest BCUT2D eigenvalue weighted by molar-refractivity contribution is 0.342. The first-order valence-corrected chi connectivity index (χ1v) is 8.10. The Morgan fingerprint density at radius 2 is 2.14 bits per heavy atom. The second kappa shape index (κ2) is 8.68. The van der Waals surface area contributed by atoms with Crippen molar-refractivity contribution in [3.8, 4) is 0 Å².